The second kappa shape index (κ2) is 8.10. The van der Waals surface area contributed by atoms with Crippen molar-refractivity contribution in [1.29, 1.82) is 0 Å². The fourth-order valence-electron chi connectivity index (χ4n) is 1.97. The van der Waals surface area contributed by atoms with Gasteiger partial charge in [0.1, 0.15) is 10.8 Å². The molecule has 0 unspecified atom stereocenters. The second-order valence-corrected chi connectivity index (χ2v) is 6.34. The number of hydrogen-bond acceptors (Lipinski definition) is 5. The van der Waals surface area contributed by atoms with Gasteiger partial charge in [-0.05, 0) is 31.5 Å². The first kappa shape index (κ1) is 15.9. The molecule has 0 bridgehead atoms. The van der Waals surface area contributed by atoms with Gasteiger partial charge in [-0.1, -0.05) is 37.3 Å². The molecule has 0 radical (unpaired) electrons. The molecule has 4 nitrogen and oxygen atoms in total. The fraction of sp³-hybridized carbons (Fsp3) is 0.500. The quantitative estimate of drug-likeness (QED) is 0.759. The number of aromatic nitrogens is 2. The maximum absolute atomic E-state index is 5.65. The molecule has 1 heterocycles. The van der Waals surface area contributed by atoms with Crippen LogP contribution in [0, 0.1) is 5.92 Å². The van der Waals surface area contributed by atoms with E-state index >= 15 is 0 Å². The van der Waals surface area contributed by atoms with Crippen LogP contribution >= 0.6 is 11.3 Å². The molecule has 114 valence electrons. The van der Waals surface area contributed by atoms with Crippen molar-refractivity contribution >= 4 is 11.3 Å². The Balaban J connectivity index is 1.99. The Labute approximate surface area is 130 Å². The van der Waals surface area contributed by atoms with Gasteiger partial charge in [0, 0.05) is 13.0 Å². The maximum atomic E-state index is 5.65. The van der Waals surface area contributed by atoms with Crippen LogP contribution < -0.4 is 10.1 Å². The topological polar surface area (TPSA) is 47.0 Å². The van der Waals surface area contributed by atoms with E-state index in [-0.39, 0.29) is 0 Å². The summed E-state index contributed by atoms with van der Waals surface area (Å²) in [7, 11) is 0. The molecular formula is C16H23N3OS. The van der Waals surface area contributed by atoms with Crippen LogP contribution in [0.4, 0.5) is 0 Å². The Kier molecular flexibility index (Phi) is 6.14. The van der Waals surface area contributed by atoms with Gasteiger partial charge in [-0.15, -0.1) is 10.2 Å². The molecule has 2 aromatic rings. The first-order chi connectivity index (χ1) is 10.2. The first-order valence-corrected chi connectivity index (χ1v) is 8.27. The van der Waals surface area contributed by atoms with E-state index in [9.17, 15) is 0 Å². The molecule has 0 saturated heterocycles. The van der Waals surface area contributed by atoms with Gasteiger partial charge in [-0.25, -0.2) is 0 Å². The zero-order chi connectivity index (χ0) is 15.1. The highest BCUT2D eigenvalue weighted by atomic mass is 32.1. The van der Waals surface area contributed by atoms with Crippen molar-refractivity contribution in [3.05, 3.63) is 29.3 Å². The number of nitrogens with zero attached hydrogens (tertiary/aromatic N) is 2. The summed E-state index contributed by atoms with van der Waals surface area (Å²) in [5.41, 5.74) is 1.03. The summed E-state index contributed by atoms with van der Waals surface area (Å²) < 4.78 is 5.65. The average molecular weight is 305 g/mol. The lowest BCUT2D eigenvalue weighted by atomic mass is 10.2. The monoisotopic (exact) mass is 305 g/mol. The summed E-state index contributed by atoms with van der Waals surface area (Å²) in [6.07, 6.45) is 0.918. The van der Waals surface area contributed by atoms with Crippen LogP contribution in [0.25, 0.3) is 10.6 Å². The van der Waals surface area contributed by atoms with Gasteiger partial charge in [0.15, 0.2) is 5.01 Å². The number of hydrogen-bond donors (Lipinski definition) is 1. The van der Waals surface area contributed by atoms with Crippen LogP contribution in [-0.4, -0.2) is 29.9 Å². The van der Waals surface area contributed by atoms with Crippen LogP contribution in [-0.2, 0) is 6.42 Å². The lowest BCUT2D eigenvalue weighted by molar-refractivity contribution is 0.341. The molecular weight excluding hydrogens is 282 g/mol. The minimum atomic E-state index is 0.655. The summed E-state index contributed by atoms with van der Waals surface area (Å²) in [6.45, 7) is 9.05. The van der Waals surface area contributed by atoms with E-state index in [4.69, 9.17) is 4.74 Å². The molecule has 0 saturated carbocycles. The lowest BCUT2D eigenvalue weighted by Crippen LogP contribution is -2.22. The van der Waals surface area contributed by atoms with E-state index in [1.165, 1.54) is 0 Å². The fourth-order valence-corrected chi connectivity index (χ4v) is 2.84. The minimum absolute atomic E-state index is 0.655. The number of ether oxygens (including phenoxy) is 1. The van der Waals surface area contributed by atoms with E-state index in [1.54, 1.807) is 11.3 Å². The second-order valence-electron chi connectivity index (χ2n) is 5.28. The van der Waals surface area contributed by atoms with Crippen LogP contribution in [0.3, 0.4) is 0 Å². The highest BCUT2D eigenvalue weighted by Crippen LogP contribution is 2.31. The summed E-state index contributed by atoms with van der Waals surface area (Å²) in [4.78, 5) is 0. The van der Waals surface area contributed by atoms with E-state index < -0.39 is 0 Å². The van der Waals surface area contributed by atoms with Gasteiger partial charge in [-0.3, -0.25) is 0 Å². The van der Waals surface area contributed by atoms with Gasteiger partial charge in [-0.2, -0.15) is 0 Å². The van der Waals surface area contributed by atoms with Gasteiger partial charge < -0.3 is 10.1 Å². The standard InChI is InChI=1S/C16H23N3OS/c1-4-20-14-8-6-5-7-13(14)16-19-18-15(21-16)9-10-17-11-12(2)3/h5-8,12,17H,4,9-11H2,1-3H3. The van der Waals surface area contributed by atoms with E-state index in [2.05, 4.69) is 29.4 Å². The van der Waals surface area contributed by atoms with Crippen molar-refractivity contribution in [2.75, 3.05) is 19.7 Å². The molecule has 1 N–H and O–H groups in total. The molecule has 2 rings (SSSR count). The van der Waals surface area contributed by atoms with Crippen molar-refractivity contribution in [2.45, 2.75) is 27.2 Å². The highest BCUT2D eigenvalue weighted by Gasteiger charge is 2.11. The Morgan fingerprint density at radius 3 is 2.81 bits per heavy atom. The van der Waals surface area contributed by atoms with Gasteiger partial charge in [0.25, 0.3) is 0 Å². The smallest absolute Gasteiger partial charge is 0.151 e. The highest BCUT2D eigenvalue weighted by molar-refractivity contribution is 7.14. The number of rotatable bonds is 8. The predicted molar refractivity (Wildman–Crippen MR) is 87.9 cm³/mol. The van der Waals surface area contributed by atoms with E-state index in [1.807, 2.05) is 31.2 Å². The molecule has 0 aliphatic heterocycles. The normalized spacial score (nSPS) is 11.0. The van der Waals surface area contributed by atoms with Crippen LogP contribution in [0.5, 0.6) is 5.75 Å². The Morgan fingerprint density at radius 1 is 1.24 bits per heavy atom. The third-order valence-electron chi connectivity index (χ3n) is 2.95. The van der Waals surface area contributed by atoms with Crippen molar-refractivity contribution in [3.8, 4) is 16.3 Å². The summed E-state index contributed by atoms with van der Waals surface area (Å²) in [5, 5.41) is 14.0. The van der Waals surface area contributed by atoms with Gasteiger partial charge in [0.05, 0.1) is 12.2 Å². The Bertz CT molecular complexity index is 554. The van der Waals surface area contributed by atoms with E-state index in [0.717, 1.165) is 40.8 Å². The minimum Gasteiger partial charge on any atom is -0.493 e. The average Bonchev–Trinajstić information content (AvgIpc) is 2.93. The van der Waals surface area contributed by atoms with Gasteiger partial charge >= 0.3 is 0 Å². The molecule has 21 heavy (non-hydrogen) atoms. The summed E-state index contributed by atoms with van der Waals surface area (Å²) in [6, 6.07) is 7.99. The predicted octanol–water partition coefficient (Wildman–Crippen LogP) is 3.39. The van der Waals surface area contributed by atoms with Crippen molar-refractivity contribution < 1.29 is 4.74 Å². The number of para-hydroxylation sites is 1. The molecule has 0 aliphatic carbocycles. The lowest BCUT2D eigenvalue weighted by Gasteiger charge is -2.06. The molecule has 0 amide bonds. The van der Waals surface area contributed by atoms with Gasteiger partial charge in [0.2, 0.25) is 0 Å². The number of nitrogens with one attached hydrogen (secondary N) is 1. The van der Waals surface area contributed by atoms with Crippen LogP contribution in [0.2, 0.25) is 0 Å². The van der Waals surface area contributed by atoms with E-state index in [0.29, 0.717) is 12.5 Å². The zero-order valence-electron chi connectivity index (χ0n) is 12.9. The third-order valence-corrected chi connectivity index (χ3v) is 3.97. The summed E-state index contributed by atoms with van der Waals surface area (Å²) in [5.74, 6) is 1.55. The SMILES string of the molecule is CCOc1ccccc1-c1nnc(CCNCC(C)C)s1. The van der Waals surface area contributed by atoms with Crippen LogP contribution in [0.1, 0.15) is 25.8 Å². The molecule has 1 aromatic heterocycles. The first-order valence-electron chi connectivity index (χ1n) is 7.46. The van der Waals surface area contributed by atoms with Crippen molar-refractivity contribution in [3.63, 3.8) is 0 Å². The largest absolute Gasteiger partial charge is 0.493 e. The number of benzene rings is 1. The molecule has 0 atom stereocenters. The Hall–Kier alpha value is -1.46. The Morgan fingerprint density at radius 2 is 2.05 bits per heavy atom. The molecule has 1 aromatic carbocycles. The molecule has 0 spiro atoms. The molecule has 0 aliphatic rings. The zero-order valence-corrected chi connectivity index (χ0v) is 13.7. The molecule has 5 heteroatoms. The van der Waals surface area contributed by atoms with Crippen LogP contribution in [0.15, 0.2) is 24.3 Å². The van der Waals surface area contributed by atoms with Crippen molar-refractivity contribution in [2.24, 2.45) is 5.92 Å². The summed E-state index contributed by atoms with van der Waals surface area (Å²) >= 11 is 1.64. The maximum Gasteiger partial charge on any atom is 0.151 e. The van der Waals surface area contributed by atoms with Crippen molar-refractivity contribution in [1.82, 2.24) is 15.5 Å². The molecule has 0 fully saturated rings. The third kappa shape index (κ3) is 4.79.